The number of rotatable bonds is 5. The first kappa shape index (κ1) is 15.4. The van der Waals surface area contributed by atoms with E-state index >= 15 is 0 Å². The number of alkyl halides is 1. The van der Waals surface area contributed by atoms with Gasteiger partial charge in [0.05, 0.1) is 5.38 Å². The third-order valence-corrected chi connectivity index (χ3v) is 3.75. The topological polar surface area (TPSA) is 38.3 Å². The highest BCUT2D eigenvalue weighted by Gasteiger charge is 2.18. The second-order valence-electron chi connectivity index (χ2n) is 4.81. The van der Waals surface area contributed by atoms with E-state index in [1.807, 2.05) is 67.6 Å². The molecule has 0 heterocycles. The SMILES string of the molecule is C[C@H](NC(=O)OCc1ccccc1)[C@H](Cl)c1ccccc1. The summed E-state index contributed by atoms with van der Waals surface area (Å²) in [7, 11) is 0. The molecule has 0 spiro atoms. The maximum atomic E-state index is 11.8. The smallest absolute Gasteiger partial charge is 0.407 e. The van der Waals surface area contributed by atoms with E-state index in [1.54, 1.807) is 0 Å². The molecule has 0 aromatic heterocycles. The van der Waals surface area contributed by atoms with Gasteiger partial charge in [0.15, 0.2) is 0 Å². The molecule has 0 aliphatic heterocycles. The summed E-state index contributed by atoms with van der Waals surface area (Å²) < 4.78 is 5.18. The fourth-order valence-electron chi connectivity index (χ4n) is 1.95. The number of nitrogens with one attached hydrogen (secondary N) is 1. The number of carbonyl (C=O) groups is 1. The van der Waals surface area contributed by atoms with Gasteiger partial charge in [-0.1, -0.05) is 60.7 Å². The summed E-state index contributed by atoms with van der Waals surface area (Å²) >= 11 is 6.35. The van der Waals surface area contributed by atoms with Crippen LogP contribution in [-0.4, -0.2) is 12.1 Å². The van der Waals surface area contributed by atoms with Crippen LogP contribution in [0.3, 0.4) is 0 Å². The zero-order valence-corrected chi connectivity index (χ0v) is 12.6. The molecule has 110 valence electrons. The lowest BCUT2D eigenvalue weighted by Crippen LogP contribution is -2.35. The van der Waals surface area contributed by atoms with Crippen molar-refractivity contribution in [3.8, 4) is 0 Å². The zero-order valence-electron chi connectivity index (χ0n) is 11.8. The summed E-state index contributed by atoms with van der Waals surface area (Å²) in [5.74, 6) is 0. The fraction of sp³-hybridized carbons (Fsp3) is 0.235. The Bertz CT molecular complexity index is 560. The van der Waals surface area contributed by atoms with Crippen molar-refractivity contribution in [3.63, 3.8) is 0 Å². The fourth-order valence-corrected chi connectivity index (χ4v) is 2.16. The summed E-state index contributed by atoms with van der Waals surface area (Å²) in [6.45, 7) is 2.10. The summed E-state index contributed by atoms with van der Waals surface area (Å²) in [4.78, 5) is 11.8. The maximum absolute atomic E-state index is 11.8. The predicted molar refractivity (Wildman–Crippen MR) is 84.3 cm³/mol. The standard InChI is InChI=1S/C17H18ClNO2/c1-13(16(18)15-10-6-3-7-11-15)19-17(20)21-12-14-8-4-2-5-9-14/h2-11,13,16H,12H2,1H3,(H,19,20)/t13-,16-/m0/s1. The number of amides is 1. The highest BCUT2D eigenvalue weighted by atomic mass is 35.5. The summed E-state index contributed by atoms with van der Waals surface area (Å²) in [5.41, 5.74) is 1.92. The van der Waals surface area contributed by atoms with Crippen molar-refractivity contribution in [2.24, 2.45) is 0 Å². The number of carbonyl (C=O) groups excluding carboxylic acids is 1. The van der Waals surface area contributed by atoms with Crippen LogP contribution in [-0.2, 0) is 11.3 Å². The average Bonchev–Trinajstić information content (AvgIpc) is 2.54. The lowest BCUT2D eigenvalue weighted by atomic mass is 10.1. The van der Waals surface area contributed by atoms with Gasteiger partial charge in [-0.2, -0.15) is 0 Å². The first-order valence-corrected chi connectivity index (χ1v) is 7.26. The van der Waals surface area contributed by atoms with Crippen molar-refractivity contribution in [2.45, 2.75) is 24.9 Å². The lowest BCUT2D eigenvalue weighted by Gasteiger charge is -2.19. The Labute approximate surface area is 129 Å². The van der Waals surface area contributed by atoms with Crippen LogP contribution < -0.4 is 5.32 Å². The van der Waals surface area contributed by atoms with E-state index < -0.39 is 6.09 Å². The first-order valence-electron chi connectivity index (χ1n) is 6.83. The van der Waals surface area contributed by atoms with E-state index in [4.69, 9.17) is 16.3 Å². The highest BCUT2D eigenvalue weighted by molar-refractivity contribution is 6.21. The largest absolute Gasteiger partial charge is 0.445 e. The van der Waals surface area contributed by atoms with Gasteiger partial charge in [-0.05, 0) is 18.1 Å². The van der Waals surface area contributed by atoms with Crippen LogP contribution in [0.4, 0.5) is 4.79 Å². The molecule has 0 saturated carbocycles. The molecular formula is C17H18ClNO2. The van der Waals surface area contributed by atoms with Gasteiger partial charge in [-0.25, -0.2) is 4.79 Å². The predicted octanol–water partition coefficient (Wildman–Crippen LogP) is 4.28. The van der Waals surface area contributed by atoms with Gasteiger partial charge in [-0.15, -0.1) is 11.6 Å². The molecule has 4 heteroatoms. The van der Waals surface area contributed by atoms with Crippen molar-refractivity contribution >= 4 is 17.7 Å². The molecule has 0 saturated heterocycles. The van der Waals surface area contributed by atoms with E-state index in [0.717, 1.165) is 11.1 Å². The van der Waals surface area contributed by atoms with Gasteiger partial charge in [0.2, 0.25) is 0 Å². The molecule has 0 bridgehead atoms. The molecular weight excluding hydrogens is 286 g/mol. The van der Waals surface area contributed by atoms with Crippen LogP contribution in [0, 0.1) is 0 Å². The molecule has 0 aliphatic carbocycles. The van der Waals surface area contributed by atoms with E-state index in [2.05, 4.69) is 5.32 Å². The third-order valence-electron chi connectivity index (χ3n) is 3.12. The second kappa shape index (κ2) is 7.70. The Morgan fingerprint density at radius 1 is 1.10 bits per heavy atom. The molecule has 0 radical (unpaired) electrons. The van der Waals surface area contributed by atoms with E-state index in [9.17, 15) is 4.79 Å². The van der Waals surface area contributed by atoms with Crippen molar-refractivity contribution in [1.29, 1.82) is 0 Å². The number of hydrogen-bond donors (Lipinski definition) is 1. The number of halogens is 1. The Morgan fingerprint density at radius 3 is 2.29 bits per heavy atom. The number of alkyl carbamates (subject to hydrolysis) is 1. The third kappa shape index (κ3) is 4.80. The summed E-state index contributed by atoms with van der Waals surface area (Å²) in [6, 6.07) is 19.0. The lowest BCUT2D eigenvalue weighted by molar-refractivity contribution is 0.136. The number of ether oxygens (including phenoxy) is 1. The van der Waals surface area contributed by atoms with Crippen molar-refractivity contribution in [1.82, 2.24) is 5.32 Å². The monoisotopic (exact) mass is 303 g/mol. The second-order valence-corrected chi connectivity index (χ2v) is 5.28. The molecule has 2 atom stereocenters. The van der Waals surface area contributed by atoms with Crippen LogP contribution in [0.15, 0.2) is 60.7 Å². The van der Waals surface area contributed by atoms with E-state index in [0.29, 0.717) is 0 Å². The highest BCUT2D eigenvalue weighted by Crippen LogP contribution is 2.23. The molecule has 0 aliphatic rings. The normalized spacial score (nSPS) is 13.2. The first-order chi connectivity index (χ1) is 10.2. The van der Waals surface area contributed by atoms with Crippen molar-refractivity contribution < 1.29 is 9.53 Å². The Kier molecular flexibility index (Phi) is 5.64. The van der Waals surface area contributed by atoms with Crippen LogP contribution in [0.5, 0.6) is 0 Å². The Hall–Kier alpha value is -2.00. The maximum Gasteiger partial charge on any atom is 0.407 e. The average molecular weight is 304 g/mol. The van der Waals surface area contributed by atoms with Gasteiger partial charge >= 0.3 is 6.09 Å². The minimum atomic E-state index is -0.465. The van der Waals surface area contributed by atoms with Gasteiger partial charge in [0.25, 0.3) is 0 Å². The van der Waals surface area contributed by atoms with Gasteiger partial charge in [-0.3, -0.25) is 0 Å². The summed E-state index contributed by atoms with van der Waals surface area (Å²) in [6.07, 6.45) is -0.465. The van der Waals surface area contributed by atoms with E-state index in [1.165, 1.54) is 0 Å². The van der Waals surface area contributed by atoms with Crippen molar-refractivity contribution in [2.75, 3.05) is 0 Å². The van der Waals surface area contributed by atoms with Crippen molar-refractivity contribution in [3.05, 3.63) is 71.8 Å². The van der Waals surface area contributed by atoms with Gasteiger partial charge in [0, 0.05) is 6.04 Å². The summed E-state index contributed by atoms with van der Waals surface area (Å²) in [5, 5.41) is 2.46. The number of hydrogen-bond acceptors (Lipinski definition) is 2. The van der Waals surface area contributed by atoms with Gasteiger partial charge in [0.1, 0.15) is 6.61 Å². The van der Waals surface area contributed by atoms with Crippen LogP contribution >= 0.6 is 11.6 Å². The van der Waals surface area contributed by atoms with Crippen LogP contribution in [0.2, 0.25) is 0 Å². The Balaban J connectivity index is 1.82. The molecule has 1 amide bonds. The van der Waals surface area contributed by atoms with Gasteiger partial charge < -0.3 is 10.1 Å². The molecule has 1 N–H and O–H groups in total. The molecule has 21 heavy (non-hydrogen) atoms. The molecule has 2 rings (SSSR count). The molecule has 0 fully saturated rings. The number of benzene rings is 2. The minimum absolute atomic E-state index is 0.225. The van der Waals surface area contributed by atoms with E-state index in [-0.39, 0.29) is 18.0 Å². The molecule has 0 unspecified atom stereocenters. The molecule has 2 aromatic rings. The minimum Gasteiger partial charge on any atom is -0.445 e. The Morgan fingerprint density at radius 2 is 1.67 bits per heavy atom. The quantitative estimate of drug-likeness (QED) is 0.837. The molecule has 3 nitrogen and oxygen atoms in total. The molecule has 2 aromatic carbocycles. The van der Waals surface area contributed by atoms with Crippen LogP contribution in [0.1, 0.15) is 23.4 Å². The zero-order chi connectivity index (χ0) is 15.1. The van der Waals surface area contributed by atoms with Crippen LogP contribution in [0.25, 0.3) is 0 Å².